The van der Waals surface area contributed by atoms with E-state index < -0.39 is 0 Å². The van der Waals surface area contributed by atoms with Gasteiger partial charge in [-0.25, -0.2) is 0 Å². The number of benzene rings is 2. The van der Waals surface area contributed by atoms with Crippen LogP contribution in [0.25, 0.3) is 10.9 Å². The molecule has 0 saturated heterocycles. The van der Waals surface area contributed by atoms with E-state index in [1.165, 1.54) is 10.9 Å². The Morgan fingerprint density at radius 2 is 1.90 bits per heavy atom. The Balaban J connectivity index is 1.58. The van der Waals surface area contributed by atoms with Gasteiger partial charge in [-0.3, -0.25) is 4.79 Å². The van der Waals surface area contributed by atoms with E-state index in [2.05, 4.69) is 34.6 Å². The Morgan fingerprint density at radius 1 is 1.05 bits per heavy atom. The topological polar surface area (TPSA) is 44.9 Å². The maximum atomic E-state index is 11.9. The van der Waals surface area contributed by atoms with Crippen LogP contribution in [0.3, 0.4) is 0 Å². The second-order valence-corrected chi connectivity index (χ2v) is 4.77. The quantitative estimate of drug-likeness (QED) is 0.747. The van der Waals surface area contributed by atoms with E-state index in [1.54, 1.807) is 0 Å². The number of aromatic nitrogens is 1. The maximum absolute atomic E-state index is 11.9. The summed E-state index contributed by atoms with van der Waals surface area (Å²) in [4.78, 5) is 15.1. The van der Waals surface area contributed by atoms with Crippen LogP contribution in [-0.2, 0) is 6.42 Å². The first-order chi connectivity index (χ1) is 9.83. The van der Waals surface area contributed by atoms with E-state index in [0.29, 0.717) is 12.1 Å². The highest BCUT2D eigenvalue weighted by Gasteiger charge is 2.03. The van der Waals surface area contributed by atoms with Crippen LogP contribution in [-0.4, -0.2) is 17.4 Å². The number of amides is 1. The fourth-order valence-electron chi connectivity index (χ4n) is 2.27. The summed E-state index contributed by atoms with van der Waals surface area (Å²) >= 11 is 0. The number of carbonyl (C=O) groups excluding carboxylic acids is 1. The molecule has 3 nitrogen and oxygen atoms in total. The maximum Gasteiger partial charge on any atom is 0.251 e. The molecule has 0 atom stereocenters. The van der Waals surface area contributed by atoms with Crippen molar-refractivity contribution in [3.8, 4) is 0 Å². The first-order valence-corrected chi connectivity index (χ1v) is 6.72. The minimum Gasteiger partial charge on any atom is -0.361 e. The monoisotopic (exact) mass is 264 g/mol. The van der Waals surface area contributed by atoms with E-state index in [0.717, 1.165) is 11.9 Å². The zero-order valence-corrected chi connectivity index (χ0v) is 11.1. The van der Waals surface area contributed by atoms with E-state index in [1.807, 2.05) is 36.5 Å². The van der Waals surface area contributed by atoms with Crippen molar-refractivity contribution in [1.82, 2.24) is 10.3 Å². The molecule has 3 heteroatoms. The van der Waals surface area contributed by atoms with Crippen LogP contribution in [0.5, 0.6) is 0 Å². The zero-order valence-electron chi connectivity index (χ0n) is 11.1. The molecule has 100 valence electrons. The minimum absolute atomic E-state index is 0.0201. The van der Waals surface area contributed by atoms with Gasteiger partial charge in [-0.2, -0.15) is 0 Å². The molecule has 20 heavy (non-hydrogen) atoms. The van der Waals surface area contributed by atoms with Gasteiger partial charge in [0, 0.05) is 23.8 Å². The molecule has 2 N–H and O–H groups in total. The molecular weight excluding hydrogens is 248 g/mol. The van der Waals surface area contributed by atoms with Crippen LogP contribution in [0.2, 0.25) is 0 Å². The third kappa shape index (κ3) is 2.72. The van der Waals surface area contributed by atoms with E-state index >= 15 is 0 Å². The number of aromatic amines is 1. The Labute approximate surface area is 117 Å². The van der Waals surface area contributed by atoms with Crippen molar-refractivity contribution in [2.24, 2.45) is 0 Å². The standard InChI is InChI=1S/C17H16N2O/c20-17(14-4-2-1-3-5-14)19-10-8-13-6-7-16-15(12-13)9-11-18-16/h1-7,9,11-12,18H,8,10H2,(H,19,20). The predicted molar refractivity (Wildman–Crippen MR) is 80.8 cm³/mol. The van der Waals surface area contributed by atoms with E-state index in [4.69, 9.17) is 0 Å². The number of carbonyl (C=O) groups is 1. The summed E-state index contributed by atoms with van der Waals surface area (Å²) in [6.07, 6.45) is 2.77. The summed E-state index contributed by atoms with van der Waals surface area (Å²) in [5.41, 5.74) is 3.07. The largest absolute Gasteiger partial charge is 0.361 e. The van der Waals surface area contributed by atoms with Gasteiger partial charge in [0.15, 0.2) is 0 Å². The second kappa shape index (κ2) is 5.61. The van der Waals surface area contributed by atoms with Crippen molar-refractivity contribution in [2.75, 3.05) is 6.54 Å². The lowest BCUT2D eigenvalue weighted by atomic mass is 10.1. The van der Waals surface area contributed by atoms with Gasteiger partial charge in [-0.05, 0) is 47.7 Å². The molecule has 0 bridgehead atoms. The van der Waals surface area contributed by atoms with Crippen LogP contribution in [0, 0.1) is 0 Å². The summed E-state index contributed by atoms with van der Waals surface area (Å²) < 4.78 is 0. The Bertz CT molecular complexity index is 716. The van der Waals surface area contributed by atoms with Crippen LogP contribution in [0.1, 0.15) is 15.9 Å². The first kappa shape index (κ1) is 12.5. The number of hydrogen-bond donors (Lipinski definition) is 2. The second-order valence-electron chi connectivity index (χ2n) is 4.77. The number of hydrogen-bond acceptors (Lipinski definition) is 1. The number of H-pyrrole nitrogens is 1. The molecule has 0 saturated carbocycles. The van der Waals surface area contributed by atoms with Gasteiger partial charge in [0.25, 0.3) is 5.91 Å². The van der Waals surface area contributed by atoms with Gasteiger partial charge in [0.05, 0.1) is 0 Å². The Morgan fingerprint density at radius 3 is 2.75 bits per heavy atom. The summed E-state index contributed by atoms with van der Waals surface area (Å²) in [5, 5.41) is 4.15. The van der Waals surface area contributed by atoms with Crippen molar-refractivity contribution in [2.45, 2.75) is 6.42 Å². The highest BCUT2D eigenvalue weighted by atomic mass is 16.1. The zero-order chi connectivity index (χ0) is 13.8. The third-order valence-corrected chi connectivity index (χ3v) is 3.35. The van der Waals surface area contributed by atoms with Crippen LogP contribution in [0.4, 0.5) is 0 Å². The smallest absolute Gasteiger partial charge is 0.251 e. The van der Waals surface area contributed by atoms with Crippen LogP contribution < -0.4 is 5.32 Å². The van der Waals surface area contributed by atoms with Crippen molar-refractivity contribution in [3.05, 3.63) is 71.9 Å². The molecule has 0 spiro atoms. The van der Waals surface area contributed by atoms with Gasteiger partial charge in [0.1, 0.15) is 0 Å². The lowest BCUT2D eigenvalue weighted by Gasteiger charge is -2.05. The molecule has 0 aliphatic rings. The molecule has 0 aliphatic heterocycles. The summed E-state index contributed by atoms with van der Waals surface area (Å²) in [5.74, 6) is -0.0201. The number of fused-ring (bicyclic) bond motifs is 1. The van der Waals surface area contributed by atoms with E-state index in [9.17, 15) is 4.79 Å². The minimum atomic E-state index is -0.0201. The van der Waals surface area contributed by atoms with Crippen molar-refractivity contribution >= 4 is 16.8 Å². The molecule has 1 aromatic heterocycles. The van der Waals surface area contributed by atoms with Gasteiger partial charge in [-0.1, -0.05) is 24.3 Å². The molecule has 0 unspecified atom stereocenters. The van der Waals surface area contributed by atoms with Gasteiger partial charge in [-0.15, -0.1) is 0 Å². The molecule has 1 heterocycles. The lowest BCUT2D eigenvalue weighted by Crippen LogP contribution is -2.25. The molecule has 0 fully saturated rings. The molecular formula is C17H16N2O. The van der Waals surface area contributed by atoms with Crippen molar-refractivity contribution in [1.29, 1.82) is 0 Å². The van der Waals surface area contributed by atoms with Gasteiger partial charge >= 0.3 is 0 Å². The highest BCUT2D eigenvalue weighted by Crippen LogP contribution is 2.14. The number of nitrogens with one attached hydrogen (secondary N) is 2. The molecule has 3 rings (SSSR count). The molecule has 3 aromatic rings. The summed E-state index contributed by atoms with van der Waals surface area (Å²) in [7, 11) is 0. The van der Waals surface area contributed by atoms with Gasteiger partial charge in [0.2, 0.25) is 0 Å². The molecule has 0 radical (unpaired) electrons. The normalized spacial score (nSPS) is 10.6. The number of rotatable bonds is 4. The lowest BCUT2D eigenvalue weighted by molar-refractivity contribution is 0.0954. The highest BCUT2D eigenvalue weighted by molar-refractivity contribution is 5.94. The van der Waals surface area contributed by atoms with Crippen LogP contribution in [0.15, 0.2) is 60.8 Å². The molecule has 1 amide bonds. The van der Waals surface area contributed by atoms with Crippen molar-refractivity contribution < 1.29 is 4.79 Å². The van der Waals surface area contributed by atoms with Crippen molar-refractivity contribution in [3.63, 3.8) is 0 Å². The average molecular weight is 264 g/mol. The fraction of sp³-hybridized carbons (Fsp3) is 0.118. The average Bonchev–Trinajstić information content (AvgIpc) is 2.95. The predicted octanol–water partition coefficient (Wildman–Crippen LogP) is 3.14. The molecule has 2 aromatic carbocycles. The Kier molecular flexibility index (Phi) is 3.50. The summed E-state index contributed by atoms with van der Waals surface area (Å²) in [6.45, 7) is 0.643. The molecule has 0 aliphatic carbocycles. The first-order valence-electron chi connectivity index (χ1n) is 6.72. The van der Waals surface area contributed by atoms with E-state index in [-0.39, 0.29) is 5.91 Å². The van der Waals surface area contributed by atoms with Crippen LogP contribution >= 0.6 is 0 Å². The fourth-order valence-corrected chi connectivity index (χ4v) is 2.27. The SMILES string of the molecule is O=C(NCCc1ccc2[nH]ccc2c1)c1ccccc1. The Hall–Kier alpha value is -2.55. The third-order valence-electron chi connectivity index (χ3n) is 3.35. The summed E-state index contributed by atoms with van der Waals surface area (Å²) in [6, 6.07) is 17.7. The van der Waals surface area contributed by atoms with Gasteiger partial charge < -0.3 is 10.3 Å².